The number of nitrogens with one attached hydrogen (secondary N) is 1. The van der Waals surface area contributed by atoms with Crippen molar-refractivity contribution in [3.8, 4) is 0 Å². The summed E-state index contributed by atoms with van der Waals surface area (Å²) in [4.78, 5) is 0. The summed E-state index contributed by atoms with van der Waals surface area (Å²) in [7, 11) is 1.91. The molecule has 1 N–H and O–H groups in total. The van der Waals surface area contributed by atoms with Crippen molar-refractivity contribution in [2.75, 3.05) is 13.7 Å². The van der Waals surface area contributed by atoms with Crippen molar-refractivity contribution >= 4 is 0 Å². The summed E-state index contributed by atoms with van der Waals surface area (Å²) in [6, 6.07) is 0.170. The van der Waals surface area contributed by atoms with Crippen molar-refractivity contribution in [3.05, 3.63) is 11.8 Å². The molecule has 102 valence electrons. The van der Waals surface area contributed by atoms with Gasteiger partial charge in [-0.2, -0.15) is 0 Å². The summed E-state index contributed by atoms with van der Waals surface area (Å²) >= 11 is 0. The first-order valence-electron chi connectivity index (χ1n) is 6.87. The summed E-state index contributed by atoms with van der Waals surface area (Å²) in [5, 5.41) is 11.4. The molecule has 1 atom stereocenters. The van der Waals surface area contributed by atoms with Gasteiger partial charge < -0.3 is 14.5 Å². The SMILES string of the molecule is CCOC1CC(Cc2nnc(C(CC)NC)o2)C1. The van der Waals surface area contributed by atoms with Gasteiger partial charge in [0, 0.05) is 13.0 Å². The Morgan fingerprint density at radius 1 is 1.39 bits per heavy atom. The molecule has 1 fully saturated rings. The molecule has 18 heavy (non-hydrogen) atoms. The smallest absolute Gasteiger partial charge is 0.233 e. The number of nitrogens with zero attached hydrogens (tertiary/aromatic N) is 2. The topological polar surface area (TPSA) is 60.2 Å². The molecule has 1 aromatic heterocycles. The minimum Gasteiger partial charge on any atom is -0.424 e. The molecule has 0 amide bonds. The molecular weight excluding hydrogens is 230 g/mol. The third kappa shape index (κ3) is 3.09. The third-order valence-electron chi connectivity index (χ3n) is 3.60. The van der Waals surface area contributed by atoms with Crippen LogP contribution in [0.15, 0.2) is 4.42 Å². The van der Waals surface area contributed by atoms with Gasteiger partial charge in [0.2, 0.25) is 11.8 Å². The van der Waals surface area contributed by atoms with Gasteiger partial charge >= 0.3 is 0 Å². The summed E-state index contributed by atoms with van der Waals surface area (Å²) in [5.74, 6) is 2.11. The van der Waals surface area contributed by atoms with Crippen LogP contribution >= 0.6 is 0 Å². The van der Waals surface area contributed by atoms with Gasteiger partial charge in [0.25, 0.3) is 0 Å². The molecule has 0 aliphatic heterocycles. The first kappa shape index (κ1) is 13.5. The van der Waals surface area contributed by atoms with Crippen LogP contribution in [-0.2, 0) is 11.2 Å². The molecule has 0 bridgehead atoms. The Morgan fingerprint density at radius 3 is 2.78 bits per heavy atom. The lowest BCUT2D eigenvalue weighted by molar-refractivity contribution is -0.0256. The summed E-state index contributed by atoms with van der Waals surface area (Å²) in [6.45, 7) is 4.95. The van der Waals surface area contributed by atoms with E-state index >= 15 is 0 Å². The molecule has 1 aromatic rings. The van der Waals surface area contributed by atoms with Crippen molar-refractivity contribution in [3.63, 3.8) is 0 Å². The Balaban J connectivity index is 1.81. The van der Waals surface area contributed by atoms with Crippen LogP contribution < -0.4 is 5.32 Å². The van der Waals surface area contributed by atoms with Gasteiger partial charge in [-0.05, 0) is 39.2 Å². The standard InChI is InChI=1S/C13H23N3O2/c1-4-11(14-3)13-16-15-12(18-13)8-9-6-10(7-9)17-5-2/h9-11,14H,4-8H2,1-3H3. The fourth-order valence-electron chi connectivity index (χ4n) is 2.45. The number of ether oxygens (including phenoxy) is 1. The van der Waals surface area contributed by atoms with Gasteiger partial charge in [-0.25, -0.2) is 0 Å². The van der Waals surface area contributed by atoms with E-state index in [1.165, 1.54) is 0 Å². The highest BCUT2D eigenvalue weighted by Crippen LogP contribution is 2.32. The van der Waals surface area contributed by atoms with Crippen LogP contribution in [0.4, 0.5) is 0 Å². The number of hydrogen-bond acceptors (Lipinski definition) is 5. The highest BCUT2D eigenvalue weighted by molar-refractivity contribution is 4.93. The molecule has 0 radical (unpaired) electrons. The van der Waals surface area contributed by atoms with Crippen molar-refractivity contribution < 1.29 is 9.15 Å². The molecule has 5 nitrogen and oxygen atoms in total. The Labute approximate surface area is 108 Å². The average molecular weight is 253 g/mol. The molecule has 1 aliphatic carbocycles. The number of rotatable bonds is 7. The molecule has 0 spiro atoms. The third-order valence-corrected chi connectivity index (χ3v) is 3.60. The van der Waals surface area contributed by atoms with Gasteiger partial charge in [-0.1, -0.05) is 6.92 Å². The molecule has 5 heteroatoms. The van der Waals surface area contributed by atoms with Gasteiger partial charge in [-0.15, -0.1) is 10.2 Å². The molecule has 1 unspecified atom stereocenters. The normalized spacial score (nSPS) is 24.8. The lowest BCUT2D eigenvalue weighted by Crippen LogP contribution is -2.32. The fourth-order valence-corrected chi connectivity index (χ4v) is 2.45. The summed E-state index contributed by atoms with van der Waals surface area (Å²) in [6.07, 6.45) is 4.52. The van der Waals surface area contributed by atoms with Gasteiger partial charge in [0.1, 0.15) is 0 Å². The minimum absolute atomic E-state index is 0.170. The molecule has 1 aliphatic rings. The second kappa shape index (κ2) is 6.29. The van der Waals surface area contributed by atoms with E-state index in [1.807, 2.05) is 14.0 Å². The monoisotopic (exact) mass is 253 g/mol. The van der Waals surface area contributed by atoms with E-state index in [1.54, 1.807) is 0 Å². The second-order valence-electron chi connectivity index (χ2n) is 4.90. The van der Waals surface area contributed by atoms with Crippen LogP contribution in [0.25, 0.3) is 0 Å². The molecule has 0 saturated heterocycles. The van der Waals surface area contributed by atoms with Gasteiger partial charge in [0.05, 0.1) is 12.1 Å². The highest BCUT2D eigenvalue weighted by atomic mass is 16.5. The first-order valence-corrected chi connectivity index (χ1v) is 6.87. The fraction of sp³-hybridized carbons (Fsp3) is 0.846. The van der Waals surface area contributed by atoms with Crippen LogP contribution in [0, 0.1) is 5.92 Å². The van der Waals surface area contributed by atoms with Gasteiger partial charge in [-0.3, -0.25) is 0 Å². The van der Waals surface area contributed by atoms with E-state index in [2.05, 4.69) is 22.4 Å². The lowest BCUT2D eigenvalue weighted by Gasteiger charge is -2.34. The zero-order valence-electron chi connectivity index (χ0n) is 11.5. The van der Waals surface area contributed by atoms with E-state index in [4.69, 9.17) is 9.15 Å². The van der Waals surface area contributed by atoms with E-state index in [0.717, 1.165) is 38.2 Å². The molecular formula is C13H23N3O2. The van der Waals surface area contributed by atoms with E-state index in [-0.39, 0.29) is 6.04 Å². The summed E-state index contributed by atoms with van der Waals surface area (Å²) < 4.78 is 11.3. The van der Waals surface area contributed by atoms with Crippen LogP contribution in [0.2, 0.25) is 0 Å². The maximum atomic E-state index is 5.70. The van der Waals surface area contributed by atoms with Crippen LogP contribution in [0.5, 0.6) is 0 Å². The van der Waals surface area contributed by atoms with Crippen molar-refractivity contribution in [2.45, 2.75) is 51.7 Å². The van der Waals surface area contributed by atoms with Crippen LogP contribution in [0.1, 0.15) is 50.9 Å². The van der Waals surface area contributed by atoms with E-state index < -0.39 is 0 Å². The molecule has 1 saturated carbocycles. The Bertz CT molecular complexity index is 357. The van der Waals surface area contributed by atoms with Crippen LogP contribution in [0.3, 0.4) is 0 Å². The van der Waals surface area contributed by atoms with Crippen LogP contribution in [-0.4, -0.2) is 30.0 Å². The Morgan fingerprint density at radius 2 is 2.17 bits per heavy atom. The van der Waals surface area contributed by atoms with Gasteiger partial charge in [0.15, 0.2) is 0 Å². The zero-order valence-corrected chi connectivity index (χ0v) is 11.5. The zero-order chi connectivity index (χ0) is 13.0. The minimum atomic E-state index is 0.170. The molecule has 1 heterocycles. The number of aromatic nitrogens is 2. The van der Waals surface area contributed by atoms with E-state index in [0.29, 0.717) is 17.9 Å². The lowest BCUT2D eigenvalue weighted by atomic mass is 9.80. The predicted octanol–water partition coefficient (Wildman–Crippen LogP) is 2.10. The first-order chi connectivity index (χ1) is 8.76. The quantitative estimate of drug-likeness (QED) is 0.806. The van der Waals surface area contributed by atoms with E-state index in [9.17, 15) is 0 Å². The highest BCUT2D eigenvalue weighted by Gasteiger charge is 2.31. The van der Waals surface area contributed by atoms with Crippen molar-refractivity contribution in [2.24, 2.45) is 5.92 Å². The predicted molar refractivity (Wildman–Crippen MR) is 68.2 cm³/mol. The largest absolute Gasteiger partial charge is 0.424 e. The summed E-state index contributed by atoms with van der Waals surface area (Å²) in [5.41, 5.74) is 0. The van der Waals surface area contributed by atoms with Crippen molar-refractivity contribution in [1.82, 2.24) is 15.5 Å². The second-order valence-corrected chi connectivity index (χ2v) is 4.90. The Kier molecular flexibility index (Phi) is 4.72. The van der Waals surface area contributed by atoms with Crippen molar-refractivity contribution in [1.29, 1.82) is 0 Å². The maximum Gasteiger partial charge on any atom is 0.233 e. The molecule has 0 aromatic carbocycles. The maximum absolute atomic E-state index is 5.70. The molecule has 2 rings (SSSR count). The number of hydrogen-bond donors (Lipinski definition) is 1. The Hall–Kier alpha value is -0.940. The average Bonchev–Trinajstić information content (AvgIpc) is 2.77.